The largest absolute Gasteiger partial charge is 0.480 e. The van der Waals surface area contributed by atoms with Crippen LogP contribution in [0, 0.1) is 12.3 Å². The highest BCUT2D eigenvalue weighted by molar-refractivity contribution is 5.90. The zero-order valence-corrected chi connectivity index (χ0v) is 29.0. The molecular formula is C36H38F3N7O7. The number of anilines is 2. The van der Waals surface area contributed by atoms with E-state index >= 15 is 0 Å². The zero-order valence-electron chi connectivity index (χ0n) is 29.0. The highest BCUT2D eigenvalue weighted by Gasteiger charge is 2.51. The Morgan fingerprint density at radius 1 is 1.04 bits per heavy atom. The van der Waals surface area contributed by atoms with E-state index in [1.807, 2.05) is 18.2 Å². The van der Waals surface area contributed by atoms with Gasteiger partial charge in [-0.05, 0) is 68.4 Å². The summed E-state index contributed by atoms with van der Waals surface area (Å²) in [6.07, 6.45) is -5.70. The number of amides is 1. The van der Waals surface area contributed by atoms with E-state index in [9.17, 15) is 32.7 Å². The highest BCUT2D eigenvalue weighted by atomic mass is 19.4. The fourth-order valence-electron chi connectivity index (χ4n) is 6.79. The maximum Gasteiger partial charge on any atom is 0.429 e. The van der Waals surface area contributed by atoms with Gasteiger partial charge < -0.3 is 30.0 Å². The third-order valence-corrected chi connectivity index (χ3v) is 9.41. The monoisotopic (exact) mass is 737 g/mol. The van der Waals surface area contributed by atoms with Gasteiger partial charge in [0.2, 0.25) is 17.9 Å². The van der Waals surface area contributed by atoms with Crippen LogP contribution >= 0.6 is 0 Å². The van der Waals surface area contributed by atoms with E-state index in [0.717, 1.165) is 11.6 Å². The number of halogens is 3. The van der Waals surface area contributed by atoms with Gasteiger partial charge in [-0.3, -0.25) is 4.90 Å². The second-order valence-corrected chi connectivity index (χ2v) is 13.1. The standard InChI is InChI=1S/C36H38F3N7O7/c1-3-51-32(49)24-9-10-26(46-14-11-22(2)43-46)25(17-24)30(36(37,38)39)53-29-18-28(41-33(40)42-29)44-15-12-35(13-16-44)19-27(31(47)48)45(21-35)34(50)52-20-23-7-5-4-6-8-23/h4-11,14,17-18,27,30H,3,12-13,15-16,19-21H2,1-2H3,(H,47,48)(H2,40,41,42)/t27-,30?/m0/s1. The van der Waals surface area contributed by atoms with E-state index in [2.05, 4.69) is 15.1 Å². The third kappa shape index (κ3) is 8.29. The Labute approximate surface area is 302 Å². The van der Waals surface area contributed by atoms with Crippen molar-refractivity contribution in [1.29, 1.82) is 0 Å². The number of aliphatic carboxylic acids is 1. The first-order valence-corrected chi connectivity index (χ1v) is 16.9. The number of aromatic nitrogens is 4. The van der Waals surface area contributed by atoms with E-state index < -0.39 is 53.2 Å². The molecule has 14 nitrogen and oxygen atoms in total. The number of ether oxygens (including phenoxy) is 3. The van der Waals surface area contributed by atoms with Gasteiger partial charge in [-0.2, -0.15) is 28.2 Å². The van der Waals surface area contributed by atoms with Crippen molar-refractivity contribution >= 4 is 29.8 Å². The molecule has 2 aromatic carbocycles. The van der Waals surface area contributed by atoms with Crippen molar-refractivity contribution in [2.45, 2.75) is 58.0 Å². The molecule has 2 atom stereocenters. The van der Waals surface area contributed by atoms with E-state index in [4.69, 9.17) is 19.9 Å². The highest BCUT2D eigenvalue weighted by Crippen LogP contribution is 2.45. The van der Waals surface area contributed by atoms with Crippen LogP contribution < -0.4 is 15.4 Å². The van der Waals surface area contributed by atoms with Crippen LogP contribution in [0.5, 0.6) is 5.88 Å². The van der Waals surface area contributed by atoms with E-state index in [1.54, 1.807) is 36.9 Å². The van der Waals surface area contributed by atoms with Gasteiger partial charge in [0.25, 0.3) is 0 Å². The van der Waals surface area contributed by atoms with Crippen molar-refractivity contribution < 1.29 is 46.9 Å². The summed E-state index contributed by atoms with van der Waals surface area (Å²) in [6.45, 7) is 4.13. The summed E-state index contributed by atoms with van der Waals surface area (Å²) >= 11 is 0. The molecule has 2 aliphatic rings. The molecule has 4 heterocycles. The topological polar surface area (TPSA) is 175 Å². The summed E-state index contributed by atoms with van der Waals surface area (Å²) < 4.78 is 61.9. The Morgan fingerprint density at radius 3 is 2.42 bits per heavy atom. The van der Waals surface area contributed by atoms with Crippen molar-refractivity contribution in [3.8, 4) is 11.6 Å². The fourth-order valence-corrected chi connectivity index (χ4v) is 6.79. The van der Waals surface area contributed by atoms with E-state index in [0.29, 0.717) is 31.6 Å². The second kappa shape index (κ2) is 15.0. The molecule has 53 heavy (non-hydrogen) atoms. The predicted molar refractivity (Wildman–Crippen MR) is 183 cm³/mol. The lowest BCUT2D eigenvalue weighted by Gasteiger charge is -2.39. The molecule has 3 N–H and O–H groups in total. The van der Waals surface area contributed by atoms with Crippen LogP contribution in [-0.2, 0) is 20.9 Å². The number of carbonyl (C=O) groups excluding carboxylic acids is 2. The lowest BCUT2D eigenvalue weighted by Crippen LogP contribution is -2.43. The number of nitrogens with zero attached hydrogens (tertiary/aromatic N) is 6. The average molecular weight is 738 g/mol. The average Bonchev–Trinajstić information content (AvgIpc) is 3.73. The SMILES string of the molecule is CCOC(=O)c1ccc(-n2ccc(C)n2)c(C(Oc2cc(N3CCC4(CC3)C[C@@H](C(=O)O)N(C(=O)OCc3ccccc3)C4)nc(N)n2)C(F)(F)F)c1. The number of aryl methyl sites for hydroxylation is 1. The summed E-state index contributed by atoms with van der Waals surface area (Å²) in [4.78, 5) is 49.1. The van der Waals surface area contributed by atoms with Crippen LogP contribution in [0.3, 0.4) is 0 Å². The normalized spacial score (nSPS) is 17.4. The zero-order chi connectivity index (χ0) is 37.9. The number of hydrogen-bond acceptors (Lipinski definition) is 11. The second-order valence-electron chi connectivity index (χ2n) is 13.1. The molecule has 0 saturated carbocycles. The molecule has 0 aliphatic carbocycles. The number of nitrogens with two attached hydrogens (primary N) is 1. The maximum absolute atomic E-state index is 14.9. The third-order valence-electron chi connectivity index (χ3n) is 9.41. The minimum Gasteiger partial charge on any atom is -0.480 e. The molecule has 2 aliphatic heterocycles. The molecule has 2 aromatic heterocycles. The van der Waals surface area contributed by atoms with Crippen LogP contribution in [0.25, 0.3) is 5.69 Å². The number of benzene rings is 2. The first-order valence-electron chi connectivity index (χ1n) is 16.9. The molecule has 17 heteroatoms. The molecule has 4 aromatic rings. The molecule has 2 saturated heterocycles. The van der Waals surface area contributed by atoms with Crippen molar-refractivity contribution in [2.75, 3.05) is 36.9 Å². The predicted octanol–water partition coefficient (Wildman–Crippen LogP) is 5.49. The van der Waals surface area contributed by atoms with Gasteiger partial charge in [0.1, 0.15) is 18.5 Å². The number of esters is 1. The Hall–Kier alpha value is -5.87. The lowest BCUT2D eigenvalue weighted by atomic mass is 9.76. The number of alkyl halides is 3. The van der Waals surface area contributed by atoms with Crippen LogP contribution in [0.2, 0.25) is 0 Å². The van der Waals surface area contributed by atoms with Gasteiger partial charge in [0.05, 0.1) is 23.6 Å². The number of piperidine rings is 1. The summed E-state index contributed by atoms with van der Waals surface area (Å²) in [6, 6.07) is 14.6. The minimum absolute atomic E-state index is 0.000911. The van der Waals surface area contributed by atoms with Crippen LogP contribution in [0.4, 0.5) is 29.7 Å². The molecule has 0 radical (unpaired) electrons. The number of carboxylic acids is 1. The number of rotatable bonds is 10. The van der Waals surface area contributed by atoms with Gasteiger partial charge in [-0.25, -0.2) is 19.1 Å². The van der Waals surface area contributed by atoms with Crippen molar-refractivity contribution in [1.82, 2.24) is 24.6 Å². The molecule has 1 unspecified atom stereocenters. The molecule has 6 rings (SSSR count). The Morgan fingerprint density at radius 2 is 1.77 bits per heavy atom. The smallest absolute Gasteiger partial charge is 0.429 e. The minimum atomic E-state index is -4.99. The van der Waals surface area contributed by atoms with Gasteiger partial charge in [0, 0.05) is 37.5 Å². The maximum atomic E-state index is 14.9. The Kier molecular flexibility index (Phi) is 10.4. The molecule has 1 amide bonds. The molecule has 2 fully saturated rings. The summed E-state index contributed by atoms with van der Waals surface area (Å²) in [5.74, 6) is -2.53. The van der Waals surface area contributed by atoms with Crippen LogP contribution in [-0.4, -0.2) is 86.2 Å². The van der Waals surface area contributed by atoms with Gasteiger partial charge in [0.15, 0.2) is 0 Å². The van der Waals surface area contributed by atoms with Gasteiger partial charge in [-0.1, -0.05) is 30.3 Å². The van der Waals surface area contributed by atoms with Gasteiger partial charge >= 0.3 is 24.2 Å². The summed E-state index contributed by atoms with van der Waals surface area (Å²) in [5, 5.41) is 14.2. The van der Waals surface area contributed by atoms with Crippen LogP contribution in [0.1, 0.15) is 59.5 Å². The summed E-state index contributed by atoms with van der Waals surface area (Å²) in [7, 11) is 0. The van der Waals surface area contributed by atoms with Crippen molar-refractivity contribution in [3.05, 3.63) is 89.2 Å². The lowest BCUT2D eigenvalue weighted by molar-refractivity contribution is -0.198. The number of hydrogen-bond donors (Lipinski definition) is 2. The number of carbonyl (C=O) groups is 3. The molecular weight excluding hydrogens is 699 g/mol. The summed E-state index contributed by atoms with van der Waals surface area (Å²) in [5.41, 5.74) is 6.27. The van der Waals surface area contributed by atoms with E-state index in [1.165, 1.54) is 34.0 Å². The molecule has 0 bridgehead atoms. The fraction of sp³-hybridized carbons (Fsp3) is 0.389. The first kappa shape index (κ1) is 36.9. The molecule has 280 valence electrons. The Bertz CT molecular complexity index is 1970. The van der Waals surface area contributed by atoms with Gasteiger partial charge in [-0.15, -0.1) is 0 Å². The number of nitrogen functional groups attached to an aromatic ring is 1. The number of likely N-dealkylation sites (tertiary alicyclic amines) is 1. The Balaban J connectivity index is 1.21. The van der Waals surface area contributed by atoms with Crippen LogP contribution in [0.15, 0.2) is 66.9 Å². The number of carboxylic acid groups (broad SMARTS) is 1. The molecule has 1 spiro atoms. The first-order chi connectivity index (χ1) is 25.2. The van der Waals surface area contributed by atoms with Crippen molar-refractivity contribution in [2.24, 2.45) is 5.41 Å². The quantitative estimate of drug-likeness (QED) is 0.196. The van der Waals surface area contributed by atoms with E-state index in [-0.39, 0.29) is 49.2 Å². The van der Waals surface area contributed by atoms with Crippen molar-refractivity contribution in [3.63, 3.8) is 0 Å².